The van der Waals surface area contributed by atoms with Gasteiger partial charge in [0.15, 0.2) is 0 Å². The summed E-state index contributed by atoms with van der Waals surface area (Å²) in [6.07, 6.45) is 2.27. The third-order valence-corrected chi connectivity index (χ3v) is 3.79. The number of ether oxygens (including phenoxy) is 1. The smallest absolute Gasteiger partial charge is 0.328 e. The molecule has 2 heterocycles. The lowest BCUT2D eigenvalue weighted by Crippen LogP contribution is -2.25. The van der Waals surface area contributed by atoms with Crippen LogP contribution in [0.1, 0.15) is 5.56 Å². The van der Waals surface area contributed by atoms with Crippen LogP contribution in [-0.4, -0.2) is 29.4 Å². The number of carbonyl (C=O) groups is 1. The Morgan fingerprint density at radius 3 is 2.86 bits per heavy atom. The first-order chi connectivity index (χ1) is 10.1. The number of hydrogen-bond donors (Lipinski definition) is 1. The first-order valence-electron chi connectivity index (χ1n) is 6.31. The highest BCUT2D eigenvalue weighted by atomic mass is 32.1. The molecule has 0 aromatic carbocycles. The minimum absolute atomic E-state index is 0.226. The molecule has 2 aromatic rings. The van der Waals surface area contributed by atoms with Crippen LogP contribution >= 0.6 is 11.3 Å². The maximum Gasteiger partial charge on any atom is 0.328 e. The molecule has 0 amide bonds. The van der Waals surface area contributed by atoms with E-state index in [0.29, 0.717) is 18.7 Å². The molecule has 0 aliphatic heterocycles. The van der Waals surface area contributed by atoms with Crippen molar-refractivity contribution in [2.75, 3.05) is 13.7 Å². The summed E-state index contributed by atoms with van der Waals surface area (Å²) in [5.74, 6) is -1.08. The zero-order chi connectivity index (χ0) is 15.2. The number of pyridine rings is 1. The molecule has 2 rings (SSSR count). The molecule has 110 valence electrons. The predicted molar refractivity (Wildman–Crippen MR) is 82.6 cm³/mol. The van der Waals surface area contributed by atoms with E-state index in [1.54, 1.807) is 29.1 Å². The van der Waals surface area contributed by atoms with E-state index in [2.05, 4.69) is 0 Å². The van der Waals surface area contributed by atoms with Gasteiger partial charge in [-0.25, -0.2) is 4.79 Å². The number of carboxylic acid groups (broad SMARTS) is 1. The number of methoxy groups -OCH3 is 1. The molecule has 0 unspecified atom stereocenters. The highest BCUT2D eigenvalue weighted by Crippen LogP contribution is 2.23. The molecule has 21 heavy (non-hydrogen) atoms. The fraction of sp³-hybridized carbons (Fsp3) is 0.200. The van der Waals surface area contributed by atoms with Gasteiger partial charge >= 0.3 is 5.97 Å². The van der Waals surface area contributed by atoms with Crippen LogP contribution < -0.4 is 5.56 Å². The Morgan fingerprint density at radius 2 is 2.24 bits per heavy atom. The van der Waals surface area contributed by atoms with Gasteiger partial charge < -0.3 is 14.4 Å². The van der Waals surface area contributed by atoms with E-state index in [1.165, 1.54) is 6.08 Å². The van der Waals surface area contributed by atoms with Crippen LogP contribution in [0.15, 0.2) is 40.5 Å². The number of carboxylic acids is 1. The summed E-state index contributed by atoms with van der Waals surface area (Å²) in [5, 5.41) is 10.6. The molecule has 0 atom stereocenters. The second kappa shape index (κ2) is 7.01. The molecule has 0 aliphatic carbocycles. The van der Waals surface area contributed by atoms with Crippen molar-refractivity contribution in [3.8, 4) is 10.6 Å². The molecular weight excluding hydrogens is 290 g/mol. The lowest BCUT2D eigenvalue weighted by atomic mass is 10.2. The zero-order valence-electron chi connectivity index (χ0n) is 11.5. The van der Waals surface area contributed by atoms with E-state index >= 15 is 0 Å². The predicted octanol–water partition coefficient (Wildman–Crippen LogP) is 2.32. The Morgan fingerprint density at radius 1 is 1.43 bits per heavy atom. The van der Waals surface area contributed by atoms with Gasteiger partial charge in [-0.1, -0.05) is 6.07 Å². The van der Waals surface area contributed by atoms with Gasteiger partial charge in [0.25, 0.3) is 5.56 Å². The van der Waals surface area contributed by atoms with Gasteiger partial charge in [-0.2, -0.15) is 0 Å². The molecule has 1 N–H and O–H groups in total. The van der Waals surface area contributed by atoms with Crippen LogP contribution in [0.5, 0.6) is 0 Å². The number of hydrogen-bond acceptors (Lipinski definition) is 4. The van der Waals surface area contributed by atoms with Gasteiger partial charge in [0.05, 0.1) is 17.2 Å². The summed E-state index contributed by atoms with van der Waals surface area (Å²) in [6, 6.07) is 7.32. The summed E-state index contributed by atoms with van der Waals surface area (Å²) < 4.78 is 6.65. The van der Waals surface area contributed by atoms with Crippen molar-refractivity contribution in [1.82, 2.24) is 4.57 Å². The Labute approximate surface area is 125 Å². The molecule has 0 aliphatic rings. The van der Waals surface area contributed by atoms with Gasteiger partial charge in [0, 0.05) is 25.3 Å². The fourth-order valence-electron chi connectivity index (χ4n) is 1.93. The molecule has 0 saturated heterocycles. The van der Waals surface area contributed by atoms with Gasteiger partial charge in [-0.3, -0.25) is 4.79 Å². The number of aromatic nitrogens is 1. The minimum atomic E-state index is -1.08. The third kappa shape index (κ3) is 3.68. The van der Waals surface area contributed by atoms with Gasteiger partial charge in [-0.05, 0) is 29.7 Å². The summed E-state index contributed by atoms with van der Waals surface area (Å²) >= 11 is 1.54. The topological polar surface area (TPSA) is 68.5 Å². The third-order valence-electron chi connectivity index (χ3n) is 2.90. The standard InChI is InChI=1S/C15H15NO4S/c1-20-9-8-16-12(13-3-2-10-21-13)6-4-11(15(16)19)5-7-14(17)18/h2-7,10H,8-9H2,1H3,(H,17,18)/b7-5+. The molecule has 0 spiro atoms. The average Bonchev–Trinajstić information content (AvgIpc) is 2.98. The summed E-state index contributed by atoms with van der Waals surface area (Å²) in [6.45, 7) is 0.821. The number of thiophene rings is 1. The first-order valence-corrected chi connectivity index (χ1v) is 7.19. The molecule has 2 aromatic heterocycles. The first kappa shape index (κ1) is 15.2. The van der Waals surface area contributed by atoms with Crippen LogP contribution in [0.4, 0.5) is 0 Å². The van der Waals surface area contributed by atoms with Crippen LogP contribution in [0.2, 0.25) is 0 Å². The van der Waals surface area contributed by atoms with Crippen LogP contribution in [-0.2, 0) is 16.1 Å². The molecule has 5 nitrogen and oxygen atoms in total. The van der Waals surface area contributed by atoms with Crippen molar-refractivity contribution in [1.29, 1.82) is 0 Å². The highest BCUT2D eigenvalue weighted by Gasteiger charge is 2.10. The molecule has 0 fully saturated rings. The van der Waals surface area contributed by atoms with Crippen molar-refractivity contribution in [3.63, 3.8) is 0 Å². The average molecular weight is 305 g/mol. The molecule has 0 bridgehead atoms. The SMILES string of the molecule is COCCn1c(-c2cccs2)ccc(/C=C/C(=O)O)c1=O. The maximum atomic E-state index is 12.5. The molecule has 6 heteroatoms. The van der Waals surface area contributed by atoms with Crippen molar-refractivity contribution in [2.45, 2.75) is 6.54 Å². The van der Waals surface area contributed by atoms with Crippen molar-refractivity contribution < 1.29 is 14.6 Å². The summed E-state index contributed by atoms with van der Waals surface area (Å²) in [5.41, 5.74) is 0.920. The lowest BCUT2D eigenvalue weighted by molar-refractivity contribution is -0.131. The van der Waals surface area contributed by atoms with Gasteiger partial charge in [-0.15, -0.1) is 11.3 Å². The van der Waals surface area contributed by atoms with Gasteiger partial charge in [0.1, 0.15) is 0 Å². The molecule has 0 saturated carbocycles. The highest BCUT2D eigenvalue weighted by molar-refractivity contribution is 7.13. The largest absolute Gasteiger partial charge is 0.478 e. The number of rotatable bonds is 6. The van der Waals surface area contributed by atoms with E-state index in [9.17, 15) is 9.59 Å². The van der Waals surface area contributed by atoms with Crippen molar-refractivity contribution >= 4 is 23.4 Å². The Balaban J connectivity index is 2.50. The fourth-order valence-corrected chi connectivity index (χ4v) is 2.69. The van der Waals surface area contributed by atoms with Crippen LogP contribution in [0.3, 0.4) is 0 Å². The zero-order valence-corrected chi connectivity index (χ0v) is 12.3. The Kier molecular flexibility index (Phi) is 5.08. The number of nitrogens with zero attached hydrogens (tertiary/aromatic N) is 1. The van der Waals surface area contributed by atoms with Gasteiger partial charge in [0.2, 0.25) is 0 Å². The summed E-state index contributed by atoms with van der Waals surface area (Å²) in [7, 11) is 1.57. The Bertz CT molecular complexity index is 701. The molecular formula is C15H15NO4S. The van der Waals surface area contributed by atoms with E-state index in [-0.39, 0.29) is 5.56 Å². The minimum Gasteiger partial charge on any atom is -0.478 e. The van der Waals surface area contributed by atoms with Crippen LogP contribution in [0, 0.1) is 0 Å². The lowest BCUT2D eigenvalue weighted by Gasteiger charge is -2.12. The normalized spacial score (nSPS) is 11.1. The van der Waals surface area contributed by atoms with E-state index in [0.717, 1.165) is 16.6 Å². The summed E-state index contributed by atoms with van der Waals surface area (Å²) in [4.78, 5) is 24.0. The van der Waals surface area contributed by atoms with E-state index < -0.39 is 5.97 Å². The maximum absolute atomic E-state index is 12.5. The second-order valence-corrected chi connectivity index (χ2v) is 5.22. The molecule has 0 radical (unpaired) electrons. The van der Waals surface area contributed by atoms with Crippen LogP contribution in [0.25, 0.3) is 16.6 Å². The second-order valence-electron chi connectivity index (χ2n) is 4.27. The quantitative estimate of drug-likeness (QED) is 0.832. The van der Waals surface area contributed by atoms with E-state index in [4.69, 9.17) is 9.84 Å². The Hall–Kier alpha value is -2.18. The van der Waals surface area contributed by atoms with Crippen molar-refractivity contribution in [3.05, 3.63) is 51.6 Å². The van der Waals surface area contributed by atoms with Crippen molar-refractivity contribution in [2.24, 2.45) is 0 Å². The monoisotopic (exact) mass is 305 g/mol. The number of aliphatic carboxylic acids is 1. The van der Waals surface area contributed by atoms with E-state index in [1.807, 2.05) is 23.6 Å².